The van der Waals surface area contributed by atoms with Crippen molar-refractivity contribution in [1.29, 1.82) is 0 Å². The molecule has 0 spiro atoms. The molecule has 218 valence electrons. The van der Waals surface area contributed by atoms with Crippen LogP contribution >= 0.6 is 7.82 Å². The molecule has 4 aliphatic rings. The minimum atomic E-state index is -4.64. The van der Waals surface area contributed by atoms with E-state index >= 15 is 0 Å². The lowest BCUT2D eigenvalue weighted by molar-refractivity contribution is -0.140. The van der Waals surface area contributed by atoms with E-state index in [4.69, 9.17) is 24.0 Å². The van der Waals surface area contributed by atoms with Crippen molar-refractivity contribution < 1.29 is 43.1 Å². The van der Waals surface area contributed by atoms with Crippen LogP contribution in [0.2, 0.25) is 0 Å². The molecule has 4 N–H and O–H groups in total. The average molecular weight is 572 g/mol. The zero-order chi connectivity index (χ0) is 28.2. The predicted octanol–water partition coefficient (Wildman–Crippen LogP) is 1.69. The zero-order valence-electron chi connectivity index (χ0n) is 22.0. The van der Waals surface area contributed by atoms with Crippen LogP contribution in [-0.2, 0) is 14.2 Å². The largest absolute Gasteiger partial charge is 0.488 e. The van der Waals surface area contributed by atoms with Crippen molar-refractivity contribution in [1.82, 2.24) is 9.80 Å². The molecule has 2 saturated carbocycles. The van der Waals surface area contributed by atoms with Gasteiger partial charge in [-0.2, -0.15) is 0 Å². The molecule has 39 heavy (non-hydrogen) atoms. The van der Waals surface area contributed by atoms with Crippen molar-refractivity contribution in [3.05, 3.63) is 24.3 Å². The zero-order valence-corrected chi connectivity index (χ0v) is 22.9. The van der Waals surface area contributed by atoms with E-state index in [1.165, 1.54) is 23.4 Å². The van der Waals surface area contributed by atoms with Gasteiger partial charge in [-0.05, 0) is 63.6 Å². The van der Waals surface area contributed by atoms with E-state index in [9.17, 15) is 19.1 Å². The number of rotatable bonds is 7. The number of imide groups is 1. The maximum absolute atomic E-state index is 13.9. The van der Waals surface area contributed by atoms with Gasteiger partial charge in [-0.3, -0.25) is 19.4 Å². The lowest BCUT2D eigenvalue weighted by Gasteiger charge is -2.37. The van der Waals surface area contributed by atoms with Crippen LogP contribution in [0.3, 0.4) is 0 Å². The molecule has 5 rings (SSSR count). The summed E-state index contributed by atoms with van der Waals surface area (Å²) in [5, 5.41) is 9.78. The number of aliphatic hydroxyl groups excluding tert-OH is 1. The van der Waals surface area contributed by atoms with Crippen molar-refractivity contribution in [3.63, 3.8) is 0 Å². The number of amides is 2. The molecule has 0 bridgehead atoms. The highest BCUT2D eigenvalue weighted by Gasteiger charge is 2.52. The normalized spacial score (nSPS) is 28.3. The van der Waals surface area contributed by atoms with Crippen molar-refractivity contribution in [2.45, 2.75) is 63.3 Å². The Morgan fingerprint density at radius 2 is 1.51 bits per heavy atom. The Kier molecular flexibility index (Phi) is 10.0. The van der Waals surface area contributed by atoms with Gasteiger partial charge >= 0.3 is 7.82 Å². The lowest BCUT2D eigenvalue weighted by Crippen LogP contribution is -2.47. The number of likely N-dealkylation sites (tertiary alicyclic amines) is 1. The maximum atomic E-state index is 13.9. The third-order valence-electron chi connectivity index (χ3n) is 8.07. The quantitative estimate of drug-likeness (QED) is 0.281. The van der Waals surface area contributed by atoms with Gasteiger partial charge in [0.25, 0.3) is 0 Å². The number of fused-ring (bicyclic) bond motifs is 1. The van der Waals surface area contributed by atoms with E-state index in [1.807, 2.05) is 6.07 Å². The summed E-state index contributed by atoms with van der Waals surface area (Å²) in [5.74, 6) is -0.653. The first kappa shape index (κ1) is 29.9. The number of ether oxygens (including phenoxy) is 1. The number of piperazine rings is 1. The SMILES string of the molecule is O=C1C2CC(O)C(F)CC2C(=O)N1CCCN1CCN(c2ccccc2OC2CCCC2)CC1.O=P(O)(O)O. The number of hydrogen-bond acceptors (Lipinski definition) is 7. The smallest absolute Gasteiger partial charge is 0.466 e. The molecule has 13 heteroatoms. The van der Waals surface area contributed by atoms with Crippen LogP contribution in [0.4, 0.5) is 10.1 Å². The second kappa shape index (κ2) is 13.1. The van der Waals surface area contributed by atoms with Gasteiger partial charge < -0.3 is 29.4 Å². The molecule has 1 aromatic rings. The summed E-state index contributed by atoms with van der Waals surface area (Å²) in [7, 11) is -4.64. The standard InChI is InChI=1S/C26H36FN3O4.H3O4P/c27-21-16-19-20(17-23(21)31)26(33)30(25(19)32)11-5-10-28-12-14-29(15-13-28)22-8-3-4-9-24(22)34-18-6-1-2-7-18;1-5(2,3)4/h3-4,8-9,18-21,23,31H,1-2,5-7,10-17H2;(H3,1,2,3,4). The number of nitrogens with zero attached hydrogens (tertiary/aromatic N) is 3. The molecule has 2 saturated heterocycles. The Morgan fingerprint density at radius 1 is 0.923 bits per heavy atom. The molecular weight excluding hydrogens is 532 g/mol. The Labute approximate surface area is 227 Å². The summed E-state index contributed by atoms with van der Waals surface area (Å²) in [6.07, 6.45) is 3.29. The van der Waals surface area contributed by atoms with Gasteiger partial charge in [0.15, 0.2) is 0 Å². The molecule has 4 atom stereocenters. The van der Waals surface area contributed by atoms with Crippen molar-refractivity contribution in [2.24, 2.45) is 11.8 Å². The Morgan fingerprint density at radius 3 is 2.15 bits per heavy atom. The second-order valence-electron chi connectivity index (χ2n) is 10.8. The molecule has 1 aromatic carbocycles. The summed E-state index contributed by atoms with van der Waals surface area (Å²) in [6.45, 7) is 4.84. The van der Waals surface area contributed by atoms with E-state index in [1.54, 1.807) is 0 Å². The molecule has 4 fully saturated rings. The van der Waals surface area contributed by atoms with Gasteiger partial charge in [0.2, 0.25) is 11.8 Å². The topological polar surface area (TPSA) is 151 Å². The van der Waals surface area contributed by atoms with Crippen molar-refractivity contribution in [3.8, 4) is 5.75 Å². The summed E-state index contributed by atoms with van der Waals surface area (Å²) in [6, 6.07) is 8.32. The Bertz CT molecular complexity index is 1010. The minimum Gasteiger partial charge on any atom is -0.488 e. The number of alkyl halides is 1. The number of anilines is 1. The number of para-hydroxylation sites is 2. The molecule has 2 heterocycles. The van der Waals surface area contributed by atoms with Gasteiger partial charge in [0.1, 0.15) is 11.9 Å². The Hall–Kier alpha value is -2.08. The first-order valence-electron chi connectivity index (χ1n) is 13.7. The molecule has 0 radical (unpaired) electrons. The fourth-order valence-electron chi connectivity index (χ4n) is 6.08. The third kappa shape index (κ3) is 7.99. The number of benzene rings is 1. The second-order valence-corrected chi connectivity index (χ2v) is 11.8. The van der Waals surface area contributed by atoms with E-state index in [0.717, 1.165) is 51.3 Å². The third-order valence-corrected chi connectivity index (χ3v) is 8.07. The fourth-order valence-corrected chi connectivity index (χ4v) is 6.08. The van der Waals surface area contributed by atoms with E-state index in [0.29, 0.717) is 19.1 Å². The van der Waals surface area contributed by atoms with Crippen LogP contribution in [0, 0.1) is 11.8 Å². The minimum absolute atomic E-state index is 0.0409. The molecule has 2 aliphatic heterocycles. The molecule has 4 unspecified atom stereocenters. The van der Waals surface area contributed by atoms with Crippen LogP contribution in [0.25, 0.3) is 0 Å². The highest BCUT2D eigenvalue weighted by atomic mass is 31.2. The van der Waals surface area contributed by atoms with Gasteiger partial charge in [0.05, 0.1) is 29.7 Å². The van der Waals surface area contributed by atoms with E-state index < -0.39 is 31.9 Å². The van der Waals surface area contributed by atoms with Crippen LogP contribution in [0.1, 0.15) is 44.9 Å². The van der Waals surface area contributed by atoms with Gasteiger partial charge in [-0.1, -0.05) is 12.1 Å². The lowest BCUT2D eigenvalue weighted by atomic mass is 9.78. The number of phosphoric acid groups is 1. The molecule has 2 aliphatic carbocycles. The van der Waals surface area contributed by atoms with Crippen LogP contribution in [0.5, 0.6) is 5.75 Å². The highest BCUT2D eigenvalue weighted by molar-refractivity contribution is 7.45. The molecule has 0 aromatic heterocycles. The van der Waals surface area contributed by atoms with Crippen molar-refractivity contribution in [2.75, 3.05) is 44.2 Å². The summed E-state index contributed by atoms with van der Waals surface area (Å²) < 4.78 is 29.1. The van der Waals surface area contributed by atoms with E-state index in [2.05, 4.69) is 28.0 Å². The first-order chi connectivity index (χ1) is 18.5. The first-order valence-corrected chi connectivity index (χ1v) is 15.3. The number of aliphatic hydroxyl groups is 1. The molecular formula is C26H39FN3O8P. The van der Waals surface area contributed by atoms with Crippen LogP contribution < -0.4 is 9.64 Å². The highest BCUT2D eigenvalue weighted by Crippen LogP contribution is 2.39. The maximum Gasteiger partial charge on any atom is 0.466 e. The number of halogens is 1. The van der Waals surface area contributed by atoms with Gasteiger partial charge in [-0.25, -0.2) is 8.96 Å². The number of hydrogen-bond donors (Lipinski definition) is 4. The average Bonchev–Trinajstić information content (AvgIpc) is 3.47. The van der Waals surface area contributed by atoms with Crippen LogP contribution in [0.15, 0.2) is 24.3 Å². The predicted molar refractivity (Wildman–Crippen MR) is 141 cm³/mol. The monoisotopic (exact) mass is 571 g/mol. The van der Waals surface area contributed by atoms with Gasteiger partial charge in [-0.15, -0.1) is 0 Å². The number of carbonyl (C=O) groups excluding carboxylic acids is 2. The van der Waals surface area contributed by atoms with E-state index in [-0.39, 0.29) is 24.7 Å². The van der Waals surface area contributed by atoms with Crippen molar-refractivity contribution >= 4 is 25.3 Å². The Balaban J connectivity index is 0.000000648. The fraction of sp³-hybridized carbons (Fsp3) is 0.692. The summed E-state index contributed by atoms with van der Waals surface area (Å²) in [4.78, 5) is 53.0. The summed E-state index contributed by atoms with van der Waals surface area (Å²) >= 11 is 0. The number of carbonyl (C=O) groups is 2. The van der Waals surface area contributed by atoms with Crippen LogP contribution in [-0.4, -0.2) is 99.0 Å². The molecule has 11 nitrogen and oxygen atoms in total. The summed E-state index contributed by atoms with van der Waals surface area (Å²) in [5.41, 5.74) is 1.17. The molecule has 2 amide bonds. The van der Waals surface area contributed by atoms with Gasteiger partial charge in [0, 0.05) is 32.7 Å².